The summed E-state index contributed by atoms with van der Waals surface area (Å²) in [5.41, 5.74) is 2.73. The van der Waals surface area contributed by atoms with Gasteiger partial charge in [0.2, 0.25) is 0 Å². The van der Waals surface area contributed by atoms with Crippen LogP contribution in [0.1, 0.15) is 43.9 Å². The van der Waals surface area contributed by atoms with Gasteiger partial charge in [0.25, 0.3) is 0 Å². The lowest BCUT2D eigenvalue weighted by Gasteiger charge is -2.21. The second-order valence-corrected chi connectivity index (χ2v) is 7.94. The molecular formula is C16H25NO2S. The van der Waals surface area contributed by atoms with Crippen molar-refractivity contribution < 1.29 is 8.42 Å². The van der Waals surface area contributed by atoms with Crippen LogP contribution in [0.4, 0.5) is 0 Å². The Hall–Kier alpha value is -0.870. The SMILES string of the molecule is CCCS(=O)(=O)CCC1Cc2ccccc2C1NCC. The molecule has 1 aromatic rings. The Kier molecular flexibility index (Phi) is 5.22. The first-order chi connectivity index (χ1) is 9.57. The zero-order valence-electron chi connectivity index (χ0n) is 12.4. The molecule has 0 radical (unpaired) electrons. The third-order valence-electron chi connectivity index (χ3n) is 4.08. The molecule has 0 aromatic heterocycles. The normalized spacial score (nSPS) is 21.9. The summed E-state index contributed by atoms with van der Waals surface area (Å²) >= 11 is 0. The fourth-order valence-electron chi connectivity index (χ4n) is 3.19. The Morgan fingerprint density at radius 3 is 2.65 bits per heavy atom. The van der Waals surface area contributed by atoms with Gasteiger partial charge in [0.1, 0.15) is 9.84 Å². The van der Waals surface area contributed by atoms with E-state index in [4.69, 9.17) is 0 Å². The van der Waals surface area contributed by atoms with Gasteiger partial charge in [0, 0.05) is 11.8 Å². The third kappa shape index (κ3) is 3.61. The van der Waals surface area contributed by atoms with Crippen molar-refractivity contribution in [3.05, 3.63) is 35.4 Å². The molecule has 3 nitrogen and oxygen atoms in total. The summed E-state index contributed by atoms with van der Waals surface area (Å²) in [6, 6.07) is 8.79. The molecule has 0 saturated heterocycles. The van der Waals surface area contributed by atoms with E-state index < -0.39 is 9.84 Å². The monoisotopic (exact) mass is 295 g/mol. The molecule has 0 amide bonds. The van der Waals surface area contributed by atoms with Crippen molar-refractivity contribution in [1.82, 2.24) is 5.32 Å². The summed E-state index contributed by atoms with van der Waals surface area (Å²) in [6.45, 7) is 4.94. The van der Waals surface area contributed by atoms with E-state index in [1.807, 2.05) is 6.92 Å². The predicted molar refractivity (Wildman–Crippen MR) is 83.6 cm³/mol. The molecule has 1 aliphatic carbocycles. The number of nitrogens with one attached hydrogen (secondary N) is 1. The molecule has 4 heteroatoms. The molecule has 2 rings (SSSR count). The topological polar surface area (TPSA) is 46.2 Å². The highest BCUT2D eigenvalue weighted by atomic mass is 32.2. The summed E-state index contributed by atoms with van der Waals surface area (Å²) < 4.78 is 23.8. The van der Waals surface area contributed by atoms with E-state index >= 15 is 0 Å². The van der Waals surface area contributed by atoms with Gasteiger partial charge in [-0.15, -0.1) is 0 Å². The van der Waals surface area contributed by atoms with Gasteiger partial charge in [0.15, 0.2) is 0 Å². The number of benzene rings is 1. The van der Waals surface area contributed by atoms with Gasteiger partial charge in [-0.1, -0.05) is 38.1 Å². The van der Waals surface area contributed by atoms with Crippen LogP contribution < -0.4 is 5.32 Å². The van der Waals surface area contributed by atoms with Crippen LogP contribution in [-0.4, -0.2) is 26.5 Å². The molecule has 2 unspecified atom stereocenters. The third-order valence-corrected chi connectivity index (χ3v) is 5.97. The van der Waals surface area contributed by atoms with Gasteiger partial charge >= 0.3 is 0 Å². The smallest absolute Gasteiger partial charge is 0.150 e. The van der Waals surface area contributed by atoms with E-state index in [-0.39, 0.29) is 0 Å². The van der Waals surface area contributed by atoms with Gasteiger partial charge in [-0.05, 0) is 42.9 Å². The van der Waals surface area contributed by atoms with E-state index in [0.29, 0.717) is 29.9 Å². The van der Waals surface area contributed by atoms with Gasteiger partial charge in [0.05, 0.1) is 5.75 Å². The molecule has 2 atom stereocenters. The molecule has 0 fully saturated rings. The minimum Gasteiger partial charge on any atom is -0.310 e. The quantitative estimate of drug-likeness (QED) is 0.841. The zero-order valence-corrected chi connectivity index (χ0v) is 13.2. The number of fused-ring (bicyclic) bond motifs is 1. The molecular weight excluding hydrogens is 270 g/mol. The Morgan fingerprint density at radius 2 is 1.95 bits per heavy atom. The summed E-state index contributed by atoms with van der Waals surface area (Å²) in [6.07, 6.45) is 2.47. The molecule has 0 spiro atoms. The minimum absolute atomic E-state index is 0.313. The first-order valence-electron chi connectivity index (χ1n) is 7.59. The van der Waals surface area contributed by atoms with Crippen molar-refractivity contribution in [3.8, 4) is 0 Å². The van der Waals surface area contributed by atoms with Crippen molar-refractivity contribution in [2.24, 2.45) is 5.92 Å². The van der Waals surface area contributed by atoms with E-state index in [1.54, 1.807) is 0 Å². The van der Waals surface area contributed by atoms with Crippen molar-refractivity contribution >= 4 is 9.84 Å². The van der Waals surface area contributed by atoms with E-state index in [9.17, 15) is 8.42 Å². The Balaban J connectivity index is 2.06. The average molecular weight is 295 g/mol. The molecule has 1 aliphatic rings. The number of rotatable bonds is 7. The van der Waals surface area contributed by atoms with Crippen LogP contribution in [0, 0.1) is 5.92 Å². The first kappa shape index (κ1) is 15.5. The van der Waals surface area contributed by atoms with Crippen LogP contribution in [0.15, 0.2) is 24.3 Å². The van der Waals surface area contributed by atoms with Gasteiger partial charge in [-0.25, -0.2) is 8.42 Å². The Bertz CT molecular complexity index is 539. The van der Waals surface area contributed by atoms with Crippen molar-refractivity contribution in [1.29, 1.82) is 0 Å². The first-order valence-corrected chi connectivity index (χ1v) is 9.41. The number of hydrogen-bond acceptors (Lipinski definition) is 3. The van der Waals surface area contributed by atoms with Crippen LogP contribution >= 0.6 is 0 Å². The van der Waals surface area contributed by atoms with E-state index in [0.717, 1.165) is 19.4 Å². The second-order valence-electron chi connectivity index (χ2n) is 5.64. The molecule has 112 valence electrons. The highest BCUT2D eigenvalue weighted by Gasteiger charge is 2.32. The maximum atomic E-state index is 11.9. The van der Waals surface area contributed by atoms with Gasteiger partial charge < -0.3 is 5.32 Å². The van der Waals surface area contributed by atoms with Gasteiger partial charge in [-0.3, -0.25) is 0 Å². The van der Waals surface area contributed by atoms with Crippen LogP contribution in [0.3, 0.4) is 0 Å². The van der Waals surface area contributed by atoms with Gasteiger partial charge in [-0.2, -0.15) is 0 Å². The lowest BCUT2D eigenvalue weighted by atomic mass is 9.98. The van der Waals surface area contributed by atoms with Crippen molar-refractivity contribution in [3.63, 3.8) is 0 Å². The molecule has 0 bridgehead atoms. The fourth-order valence-corrected chi connectivity index (χ4v) is 4.68. The van der Waals surface area contributed by atoms with Crippen LogP contribution in [0.2, 0.25) is 0 Å². The molecule has 0 saturated carbocycles. The lowest BCUT2D eigenvalue weighted by molar-refractivity contribution is 0.385. The number of hydrogen-bond donors (Lipinski definition) is 1. The summed E-state index contributed by atoms with van der Waals surface area (Å²) in [5.74, 6) is 1.04. The molecule has 20 heavy (non-hydrogen) atoms. The van der Waals surface area contributed by atoms with E-state index in [1.165, 1.54) is 11.1 Å². The van der Waals surface area contributed by atoms with Crippen LogP contribution in [0.5, 0.6) is 0 Å². The summed E-state index contributed by atoms with van der Waals surface area (Å²) in [4.78, 5) is 0. The maximum Gasteiger partial charge on any atom is 0.150 e. The fraction of sp³-hybridized carbons (Fsp3) is 0.625. The van der Waals surface area contributed by atoms with Crippen molar-refractivity contribution in [2.75, 3.05) is 18.1 Å². The highest BCUT2D eigenvalue weighted by Crippen LogP contribution is 2.38. The van der Waals surface area contributed by atoms with Crippen LogP contribution in [0.25, 0.3) is 0 Å². The zero-order chi connectivity index (χ0) is 14.6. The van der Waals surface area contributed by atoms with E-state index in [2.05, 4.69) is 36.5 Å². The second kappa shape index (κ2) is 6.72. The summed E-state index contributed by atoms with van der Waals surface area (Å²) in [5, 5.41) is 3.52. The number of sulfone groups is 1. The predicted octanol–water partition coefficient (Wildman–Crippen LogP) is 2.72. The maximum absolute atomic E-state index is 11.9. The summed E-state index contributed by atoms with van der Waals surface area (Å²) in [7, 11) is -2.87. The standard InChI is InChI=1S/C16H25NO2S/c1-3-10-20(18,19)11-9-14-12-13-7-5-6-8-15(13)16(14)17-4-2/h5-8,14,16-17H,3-4,9-12H2,1-2H3. The lowest BCUT2D eigenvalue weighted by Crippen LogP contribution is -2.27. The molecule has 0 heterocycles. The average Bonchev–Trinajstić information content (AvgIpc) is 2.76. The largest absolute Gasteiger partial charge is 0.310 e. The highest BCUT2D eigenvalue weighted by molar-refractivity contribution is 7.91. The van der Waals surface area contributed by atoms with Crippen LogP contribution in [-0.2, 0) is 16.3 Å². The Labute approximate surface area is 122 Å². The molecule has 0 aliphatic heterocycles. The van der Waals surface area contributed by atoms with Crippen molar-refractivity contribution in [2.45, 2.75) is 39.2 Å². The molecule has 1 N–H and O–H groups in total. The molecule has 1 aromatic carbocycles. The Morgan fingerprint density at radius 1 is 1.20 bits per heavy atom. The minimum atomic E-state index is -2.87.